The minimum absolute atomic E-state index is 0. The van der Waals surface area contributed by atoms with E-state index in [2.05, 4.69) is 4.98 Å². The molecule has 2 rings (SSSR count). The van der Waals surface area contributed by atoms with Crippen LogP contribution in [0.1, 0.15) is 5.69 Å². The summed E-state index contributed by atoms with van der Waals surface area (Å²) >= 11 is 0. The fraction of sp³-hybridized carbons (Fsp3) is 0.154. The van der Waals surface area contributed by atoms with Crippen LogP contribution in [-0.4, -0.2) is 11.6 Å². The van der Waals surface area contributed by atoms with E-state index in [4.69, 9.17) is 10.5 Å². The summed E-state index contributed by atoms with van der Waals surface area (Å²) in [6.45, 7) is 0.612. The number of nitrogens with zero attached hydrogens (tertiary/aromatic N) is 1. The summed E-state index contributed by atoms with van der Waals surface area (Å²) < 4.78 is 5.57. The first-order valence-corrected chi connectivity index (χ1v) is 5.23. The van der Waals surface area contributed by atoms with Gasteiger partial charge in [-0.3, -0.25) is 4.98 Å². The van der Waals surface area contributed by atoms with Gasteiger partial charge in [0.2, 0.25) is 0 Å². The maximum Gasteiger partial charge on any atom is 0.121 e. The largest absolute Gasteiger partial charge is 1.00 e. The molecule has 1 aromatic carbocycles. The molecule has 2 N–H and O–H groups in total. The van der Waals surface area contributed by atoms with Crippen LogP contribution in [0.15, 0.2) is 48.7 Å². The number of halogens is 2. The van der Waals surface area contributed by atoms with Gasteiger partial charge in [0.25, 0.3) is 0 Å². The van der Waals surface area contributed by atoms with Gasteiger partial charge in [0.15, 0.2) is 0 Å². The summed E-state index contributed by atoms with van der Waals surface area (Å²) in [6, 6.07) is 13.3. The highest BCUT2D eigenvalue weighted by molar-refractivity contribution is 5.43. The number of anilines is 1. The van der Waals surface area contributed by atoms with Gasteiger partial charge in [-0.25, -0.2) is 0 Å². The monoisotopic (exact) mass is 284 g/mol. The SMILES string of the molecule is Nc1cccc(OCCc2ccccn2)c1.[Cl-].[Cl-]. The smallest absolute Gasteiger partial charge is 0.121 e. The van der Waals surface area contributed by atoms with Crippen molar-refractivity contribution in [1.29, 1.82) is 0 Å². The van der Waals surface area contributed by atoms with Gasteiger partial charge >= 0.3 is 0 Å². The van der Waals surface area contributed by atoms with E-state index in [1.165, 1.54) is 0 Å². The summed E-state index contributed by atoms with van der Waals surface area (Å²) in [6.07, 6.45) is 2.59. The molecule has 18 heavy (non-hydrogen) atoms. The molecule has 2 aromatic rings. The van der Waals surface area contributed by atoms with Crippen LogP contribution >= 0.6 is 0 Å². The Labute approximate surface area is 119 Å². The molecule has 98 valence electrons. The van der Waals surface area contributed by atoms with E-state index in [9.17, 15) is 0 Å². The molecule has 0 atom stereocenters. The quantitative estimate of drug-likeness (QED) is 0.588. The van der Waals surface area contributed by atoms with Crippen molar-refractivity contribution in [2.45, 2.75) is 6.42 Å². The molecule has 1 heterocycles. The van der Waals surface area contributed by atoms with Crippen LogP contribution in [0.25, 0.3) is 0 Å². The molecule has 0 amide bonds. The molecule has 0 saturated heterocycles. The third-order valence-electron chi connectivity index (χ3n) is 2.21. The highest BCUT2D eigenvalue weighted by Gasteiger charge is 1.96. The lowest BCUT2D eigenvalue weighted by Crippen LogP contribution is -3.00. The number of hydrogen-bond acceptors (Lipinski definition) is 3. The number of nitrogens with two attached hydrogens (primary N) is 1. The lowest BCUT2D eigenvalue weighted by atomic mass is 10.3. The Hall–Kier alpha value is -1.45. The average Bonchev–Trinajstić information content (AvgIpc) is 2.30. The van der Waals surface area contributed by atoms with Crippen molar-refractivity contribution in [1.82, 2.24) is 4.98 Å². The van der Waals surface area contributed by atoms with E-state index in [1.807, 2.05) is 42.5 Å². The van der Waals surface area contributed by atoms with Crippen LogP contribution in [0.4, 0.5) is 5.69 Å². The summed E-state index contributed by atoms with van der Waals surface area (Å²) in [7, 11) is 0. The molecule has 0 saturated carbocycles. The van der Waals surface area contributed by atoms with Gasteiger partial charge in [-0.15, -0.1) is 0 Å². The number of pyridine rings is 1. The maximum atomic E-state index is 5.65. The maximum absolute atomic E-state index is 5.65. The van der Waals surface area contributed by atoms with E-state index in [1.54, 1.807) is 6.20 Å². The van der Waals surface area contributed by atoms with Crippen molar-refractivity contribution in [3.8, 4) is 5.75 Å². The van der Waals surface area contributed by atoms with Crippen LogP contribution in [-0.2, 0) is 6.42 Å². The van der Waals surface area contributed by atoms with Gasteiger partial charge in [-0.1, -0.05) is 12.1 Å². The first-order chi connectivity index (χ1) is 7.84. The van der Waals surface area contributed by atoms with E-state index < -0.39 is 0 Å². The van der Waals surface area contributed by atoms with Crippen molar-refractivity contribution in [3.63, 3.8) is 0 Å². The second-order valence-corrected chi connectivity index (χ2v) is 3.49. The molecule has 0 radical (unpaired) electrons. The molecule has 0 bridgehead atoms. The van der Waals surface area contributed by atoms with E-state index in [0.29, 0.717) is 6.61 Å². The normalized spacial score (nSPS) is 8.89. The van der Waals surface area contributed by atoms with Gasteiger partial charge in [-0.05, 0) is 24.3 Å². The summed E-state index contributed by atoms with van der Waals surface area (Å²) in [5, 5.41) is 0. The number of benzene rings is 1. The van der Waals surface area contributed by atoms with Gasteiger partial charge in [-0.2, -0.15) is 0 Å². The predicted molar refractivity (Wildman–Crippen MR) is 64.3 cm³/mol. The van der Waals surface area contributed by atoms with Gasteiger partial charge in [0, 0.05) is 30.1 Å². The third kappa shape index (κ3) is 5.25. The van der Waals surface area contributed by atoms with Gasteiger partial charge < -0.3 is 35.3 Å². The number of nitrogen functional groups attached to an aromatic ring is 1. The lowest BCUT2D eigenvalue weighted by molar-refractivity contribution is -0.001000. The van der Waals surface area contributed by atoms with Crippen molar-refractivity contribution in [2.75, 3.05) is 12.3 Å². The molecule has 3 nitrogen and oxygen atoms in total. The molecule has 0 aliphatic heterocycles. The molecule has 0 spiro atoms. The minimum atomic E-state index is 0. The third-order valence-corrected chi connectivity index (χ3v) is 2.21. The molecule has 1 aromatic heterocycles. The van der Waals surface area contributed by atoms with E-state index >= 15 is 0 Å². The van der Waals surface area contributed by atoms with Crippen molar-refractivity contribution >= 4 is 5.69 Å². The predicted octanol–water partition coefficient (Wildman–Crippen LogP) is -3.71. The van der Waals surface area contributed by atoms with Crippen molar-refractivity contribution in [2.24, 2.45) is 0 Å². The fourth-order valence-corrected chi connectivity index (χ4v) is 1.42. The van der Waals surface area contributed by atoms with Crippen molar-refractivity contribution in [3.05, 3.63) is 54.4 Å². The van der Waals surface area contributed by atoms with E-state index in [0.717, 1.165) is 23.6 Å². The minimum Gasteiger partial charge on any atom is -1.00 e. The number of rotatable bonds is 4. The van der Waals surface area contributed by atoms with Crippen molar-refractivity contribution < 1.29 is 29.6 Å². The topological polar surface area (TPSA) is 48.1 Å². The number of aromatic nitrogens is 1. The van der Waals surface area contributed by atoms with Crippen LogP contribution in [0.3, 0.4) is 0 Å². The summed E-state index contributed by atoms with van der Waals surface area (Å²) in [5.74, 6) is 0.802. The van der Waals surface area contributed by atoms with E-state index in [-0.39, 0.29) is 24.8 Å². The highest BCUT2D eigenvalue weighted by Crippen LogP contribution is 2.14. The molecule has 0 aliphatic carbocycles. The standard InChI is InChI=1S/C13H14N2O.2ClH/c14-11-4-3-6-13(10-11)16-9-7-12-5-1-2-8-15-12;;/h1-6,8,10H,7,9,14H2;2*1H/p-2. The van der Waals surface area contributed by atoms with Gasteiger partial charge in [0.1, 0.15) is 5.75 Å². The van der Waals surface area contributed by atoms with Crippen LogP contribution in [0.5, 0.6) is 5.75 Å². The molecular weight excluding hydrogens is 271 g/mol. The molecule has 0 fully saturated rings. The first kappa shape index (κ1) is 16.6. The zero-order chi connectivity index (χ0) is 11.2. The van der Waals surface area contributed by atoms with Crippen LogP contribution in [0, 0.1) is 0 Å². The molecule has 0 unspecified atom stereocenters. The second-order valence-electron chi connectivity index (χ2n) is 3.49. The number of ether oxygens (including phenoxy) is 1. The Bertz CT molecular complexity index is 452. The lowest BCUT2D eigenvalue weighted by Gasteiger charge is -2.06. The zero-order valence-corrected chi connectivity index (χ0v) is 11.2. The Balaban J connectivity index is 0.00000144. The van der Waals surface area contributed by atoms with Crippen LogP contribution in [0.2, 0.25) is 0 Å². The second kappa shape index (κ2) is 8.61. The average molecular weight is 285 g/mol. The Kier molecular flexibility index (Phi) is 7.92. The zero-order valence-electron chi connectivity index (χ0n) is 9.72. The first-order valence-electron chi connectivity index (χ1n) is 5.23. The highest BCUT2D eigenvalue weighted by atomic mass is 35.5. The van der Waals surface area contributed by atoms with Gasteiger partial charge in [0.05, 0.1) is 6.61 Å². The van der Waals surface area contributed by atoms with Crippen LogP contribution < -0.4 is 35.3 Å². The Morgan fingerprint density at radius 2 is 1.89 bits per heavy atom. The summed E-state index contributed by atoms with van der Waals surface area (Å²) in [4.78, 5) is 4.22. The number of hydrogen-bond donors (Lipinski definition) is 1. The Morgan fingerprint density at radius 1 is 1.06 bits per heavy atom. The molecule has 0 aliphatic rings. The fourth-order valence-electron chi connectivity index (χ4n) is 1.42. The molecular formula is C13H14Cl2N2O-2. The molecule has 5 heteroatoms. The Morgan fingerprint density at radius 3 is 2.56 bits per heavy atom. The summed E-state index contributed by atoms with van der Waals surface area (Å²) in [5.41, 5.74) is 7.40.